The molecule has 0 N–H and O–H groups in total. The van der Waals surface area contributed by atoms with Gasteiger partial charge in [-0.25, -0.2) is 8.78 Å². The first-order valence-electron chi connectivity index (χ1n) is 6.80. The highest BCUT2D eigenvalue weighted by Crippen LogP contribution is 2.30. The second kappa shape index (κ2) is 7.20. The summed E-state index contributed by atoms with van der Waals surface area (Å²) in [6, 6.07) is 7.04. The summed E-state index contributed by atoms with van der Waals surface area (Å²) in [6.07, 6.45) is -2.10. The van der Waals surface area contributed by atoms with Crippen LogP contribution in [0.1, 0.15) is 31.9 Å². The zero-order valence-corrected chi connectivity index (χ0v) is 12.9. The first kappa shape index (κ1) is 17.9. The third-order valence-electron chi connectivity index (χ3n) is 3.33. The van der Waals surface area contributed by atoms with Gasteiger partial charge in [0.05, 0.1) is 0 Å². The molecule has 0 aliphatic rings. The molecular formula is C17H19F2NO2. The minimum Gasteiger partial charge on any atom is -0.295 e. The lowest BCUT2D eigenvalue weighted by atomic mass is 9.85. The molecule has 3 nitrogen and oxygen atoms in total. The molecule has 0 aromatic heterocycles. The molecule has 0 spiro atoms. The SMILES string of the molecule is C=C(C(=C(F)C=O)C(F)CN=O)c1ccc(C(C)(C)C)cc1. The van der Waals surface area contributed by atoms with Crippen molar-refractivity contribution in [2.75, 3.05) is 6.54 Å². The van der Waals surface area contributed by atoms with E-state index in [0.717, 1.165) is 5.56 Å². The number of alkyl halides is 1. The van der Waals surface area contributed by atoms with E-state index in [1.807, 2.05) is 32.9 Å². The van der Waals surface area contributed by atoms with E-state index in [1.165, 1.54) is 0 Å². The average Bonchev–Trinajstić information content (AvgIpc) is 2.46. The topological polar surface area (TPSA) is 46.5 Å². The molecule has 0 radical (unpaired) electrons. The number of nitrogens with zero attached hydrogens (tertiary/aromatic N) is 1. The van der Waals surface area contributed by atoms with Crippen LogP contribution in [-0.4, -0.2) is 19.0 Å². The first-order chi connectivity index (χ1) is 10.2. The zero-order valence-electron chi connectivity index (χ0n) is 12.9. The van der Waals surface area contributed by atoms with E-state index < -0.39 is 24.1 Å². The minimum absolute atomic E-state index is 0.0289. The van der Waals surface area contributed by atoms with Crippen molar-refractivity contribution in [3.8, 4) is 0 Å². The van der Waals surface area contributed by atoms with Gasteiger partial charge in [0, 0.05) is 5.57 Å². The number of carbonyl (C=O) groups excluding carboxylic acids is 1. The van der Waals surface area contributed by atoms with Crippen molar-refractivity contribution in [3.63, 3.8) is 0 Å². The van der Waals surface area contributed by atoms with E-state index >= 15 is 0 Å². The number of hydrogen-bond acceptors (Lipinski definition) is 3. The molecule has 0 heterocycles. The van der Waals surface area contributed by atoms with Crippen molar-refractivity contribution < 1.29 is 13.6 Å². The summed E-state index contributed by atoms with van der Waals surface area (Å²) in [5.74, 6) is -1.28. The van der Waals surface area contributed by atoms with E-state index in [0.29, 0.717) is 5.56 Å². The Morgan fingerprint density at radius 2 is 1.86 bits per heavy atom. The van der Waals surface area contributed by atoms with Gasteiger partial charge in [-0.15, -0.1) is 0 Å². The second-order valence-corrected chi connectivity index (χ2v) is 5.96. The standard InChI is InChI=1S/C17H19F2NO2/c1-11(16(15(19)10-21)14(18)9-20-22)12-5-7-13(8-6-12)17(2,3)4/h5-8,10,14H,1,9H2,2-4H3. The Hall–Kier alpha value is -2.17. The van der Waals surface area contributed by atoms with Gasteiger partial charge >= 0.3 is 0 Å². The summed E-state index contributed by atoms with van der Waals surface area (Å²) in [5.41, 5.74) is 0.973. The van der Waals surface area contributed by atoms with Crippen LogP contribution in [0.5, 0.6) is 0 Å². The number of halogens is 2. The molecule has 0 saturated carbocycles. The molecule has 118 valence electrons. The Bertz CT molecular complexity index is 598. The number of allylic oxidation sites excluding steroid dienone is 2. The molecule has 5 heteroatoms. The van der Waals surface area contributed by atoms with Gasteiger partial charge in [0.1, 0.15) is 6.54 Å². The van der Waals surface area contributed by atoms with E-state index in [2.05, 4.69) is 11.8 Å². The van der Waals surface area contributed by atoms with Crippen molar-refractivity contribution in [1.29, 1.82) is 0 Å². The Labute approximate surface area is 128 Å². The monoisotopic (exact) mass is 307 g/mol. The van der Waals surface area contributed by atoms with Crippen LogP contribution in [-0.2, 0) is 10.2 Å². The summed E-state index contributed by atoms with van der Waals surface area (Å²) >= 11 is 0. The smallest absolute Gasteiger partial charge is 0.178 e. The van der Waals surface area contributed by atoms with Crippen molar-refractivity contribution in [3.05, 3.63) is 58.3 Å². The van der Waals surface area contributed by atoms with Crippen LogP contribution in [0.2, 0.25) is 0 Å². The van der Waals surface area contributed by atoms with Gasteiger partial charge < -0.3 is 0 Å². The number of nitroso groups, excluding NO2 is 1. The highest BCUT2D eigenvalue weighted by molar-refractivity contribution is 5.86. The summed E-state index contributed by atoms with van der Waals surface area (Å²) in [6.45, 7) is 9.01. The fourth-order valence-electron chi connectivity index (χ4n) is 2.03. The molecule has 1 unspecified atom stereocenters. The summed E-state index contributed by atoms with van der Waals surface area (Å²) in [5, 5.41) is 2.41. The largest absolute Gasteiger partial charge is 0.295 e. The van der Waals surface area contributed by atoms with Crippen LogP contribution in [0.3, 0.4) is 0 Å². The number of rotatable bonds is 6. The summed E-state index contributed by atoms with van der Waals surface area (Å²) < 4.78 is 27.5. The highest BCUT2D eigenvalue weighted by atomic mass is 19.1. The molecule has 0 aliphatic heterocycles. The van der Waals surface area contributed by atoms with Gasteiger partial charge in [-0.3, -0.25) is 4.79 Å². The summed E-state index contributed by atoms with van der Waals surface area (Å²) in [4.78, 5) is 20.8. The van der Waals surface area contributed by atoms with Gasteiger partial charge in [-0.05, 0) is 22.1 Å². The van der Waals surface area contributed by atoms with Crippen LogP contribution in [0, 0.1) is 4.91 Å². The highest BCUT2D eigenvalue weighted by Gasteiger charge is 2.23. The lowest BCUT2D eigenvalue weighted by Crippen LogP contribution is -2.13. The lowest BCUT2D eigenvalue weighted by Gasteiger charge is -2.20. The molecule has 1 rings (SSSR count). The second-order valence-electron chi connectivity index (χ2n) is 5.96. The molecular weight excluding hydrogens is 288 g/mol. The van der Waals surface area contributed by atoms with Crippen molar-refractivity contribution in [1.82, 2.24) is 0 Å². The lowest BCUT2D eigenvalue weighted by molar-refractivity contribution is -0.106. The van der Waals surface area contributed by atoms with Crippen LogP contribution < -0.4 is 0 Å². The van der Waals surface area contributed by atoms with Crippen molar-refractivity contribution >= 4 is 11.9 Å². The molecule has 0 fully saturated rings. The van der Waals surface area contributed by atoms with Crippen LogP contribution in [0.4, 0.5) is 8.78 Å². The van der Waals surface area contributed by atoms with Gasteiger partial charge in [-0.2, -0.15) is 4.91 Å². The molecule has 1 atom stereocenters. The average molecular weight is 307 g/mol. The Morgan fingerprint density at radius 1 is 1.32 bits per heavy atom. The third kappa shape index (κ3) is 4.16. The molecule has 0 amide bonds. The number of aldehydes is 1. The zero-order chi connectivity index (χ0) is 16.9. The quantitative estimate of drug-likeness (QED) is 0.335. The van der Waals surface area contributed by atoms with Gasteiger partial charge in [-0.1, -0.05) is 56.8 Å². The van der Waals surface area contributed by atoms with Crippen LogP contribution in [0.25, 0.3) is 5.57 Å². The molecule has 1 aromatic rings. The van der Waals surface area contributed by atoms with E-state index in [1.54, 1.807) is 12.1 Å². The predicted molar refractivity (Wildman–Crippen MR) is 83.9 cm³/mol. The Kier molecular flexibility index (Phi) is 5.85. The first-order valence-corrected chi connectivity index (χ1v) is 6.80. The van der Waals surface area contributed by atoms with Crippen LogP contribution >= 0.6 is 0 Å². The predicted octanol–water partition coefficient (Wildman–Crippen LogP) is 4.52. The van der Waals surface area contributed by atoms with Crippen LogP contribution in [0.15, 0.2) is 47.4 Å². The van der Waals surface area contributed by atoms with E-state index in [4.69, 9.17) is 0 Å². The Balaban J connectivity index is 3.21. The fourth-order valence-corrected chi connectivity index (χ4v) is 2.03. The number of benzene rings is 1. The maximum atomic E-state index is 13.9. The Morgan fingerprint density at radius 3 is 2.27 bits per heavy atom. The minimum atomic E-state index is -2.00. The maximum absolute atomic E-state index is 13.9. The molecule has 22 heavy (non-hydrogen) atoms. The normalized spacial score (nSPS) is 14.0. The molecule has 1 aromatic carbocycles. The number of carbonyl (C=O) groups is 1. The molecule has 0 aliphatic carbocycles. The fraction of sp³-hybridized carbons (Fsp3) is 0.353. The molecule has 0 saturated heterocycles. The van der Waals surface area contributed by atoms with E-state index in [9.17, 15) is 18.5 Å². The van der Waals surface area contributed by atoms with E-state index in [-0.39, 0.29) is 17.3 Å². The van der Waals surface area contributed by atoms with Crippen molar-refractivity contribution in [2.45, 2.75) is 32.4 Å². The number of hydrogen-bond donors (Lipinski definition) is 0. The summed E-state index contributed by atoms with van der Waals surface area (Å²) in [7, 11) is 0. The molecule has 0 bridgehead atoms. The maximum Gasteiger partial charge on any atom is 0.178 e. The van der Waals surface area contributed by atoms with Crippen molar-refractivity contribution in [2.24, 2.45) is 5.18 Å². The van der Waals surface area contributed by atoms with Gasteiger partial charge in [0.25, 0.3) is 0 Å². The van der Waals surface area contributed by atoms with Gasteiger partial charge in [0.2, 0.25) is 0 Å². The third-order valence-corrected chi connectivity index (χ3v) is 3.33. The van der Waals surface area contributed by atoms with Gasteiger partial charge in [0.15, 0.2) is 18.3 Å².